The maximum absolute atomic E-state index is 13.9. The predicted molar refractivity (Wildman–Crippen MR) is 195 cm³/mol. The van der Waals surface area contributed by atoms with Crippen molar-refractivity contribution in [2.45, 2.75) is 39.3 Å². The van der Waals surface area contributed by atoms with E-state index in [2.05, 4.69) is 54.0 Å². The Morgan fingerprint density at radius 3 is 2.20 bits per heavy atom. The standard InChI is InChI=1S/C37H48N8O6/c1-4-44(37(47)51-16-14-49-3)32-17-28(33-9-11-43(35(33)19-32)23-30-21-39-26-41-30)8-12-45(36(46)24-50-15-13-48-2)31-6-5-27-7-10-42(34(27)18-31)22-29-20-38-25-40-29/h5-6,17-21,25-26H,4,7-16,22-24H2,1-3H3,(H,38,40)(H,39,41). The number of aromatic amines is 2. The molecule has 2 aromatic carbocycles. The Kier molecular flexibility index (Phi) is 12.2. The van der Waals surface area contributed by atoms with Crippen LogP contribution < -0.4 is 19.6 Å². The van der Waals surface area contributed by atoms with Crippen LogP contribution in [0.2, 0.25) is 0 Å². The third-order valence-corrected chi connectivity index (χ3v) is 9.40. The minimum atomic E-state index is -0.429. The molecule has 0 saturated heterocycles. The van der Waals surface area contributed by atoms with E-state index < -0.39 is 6.09 Å². The van der Waals surface area contributed by atoms with Crippen LogP contribution in [-0.4, -0.2) is 105 Å². The molecule has 4 aromatic rings. The molecule has 0 spiro atoms. The van der Waals surface area contributed by atoms with Crippen LogP contribution in [0.4, 0.5) is 27.5 Å². The highest BCUT2D eigenvalue weighted by Gasteiger charge is 2.28. The van der Waals surface area contributed by atoms with E-state index in [-0.39, 0.29) is 19.1 Å². The van der Waals surface area contributed by atoms with Gasteiger partial charge in [-0.15, -0.1) is 0 Å². The number of hydrogen-bond acceptors (Lipinski definition) is 10. The molecule has 272 valence electrons. The second kappa shape index (κ2) is 17.3. The molecule has 0 radical (unpaired) electrons. The van der Waals surface area contributed by atoms with E-state index in [9.17, 15) is 9.59 Å². The molecule has 0 aliphatic carbocycles. The third kappa shape index (κ3) is 8.70. The van der Waals surface area contributed by atoms with Gasteiger partial charge in [-0.3, -0.25) is 9.69 Å². The molecule has 2 N–H and O–H groups in total. The van der Waals surface area contributed by atoms with Crippen LogP contribution in [0.5, 0.6) is 0 Å². The van der Waals surface area contributed by atoms with E-state index in [1.807, 2.05) is 30.3 Å². The van der Waals surface area contributed by atoms with Crippen molar-refractivity contribution >= 4 is 34.7 Å². The minimum absolute atomic E-state index is 0.0641. The highest BCUT2D eigenvalue weighted by atomic mass is 16.6. The zero-order chi connectivity index (χ0) is 35.6. The lowest BCUT2D eigenvalue weighted by Gasteiger charge is -2.27. The fourth-order valence-corrected chi connectivity index (χ4v) is 6.82. The monoisotopic (exact) mass is 700 g/mol. The van der Waals surface area contributed by atoms with E-state index >= 15 is 0 Å². The summed E-state index contributed by atoms with van der Waals surface area (Å²) in [7, 11) is 3.19. The van der Waals surface area contributed by atoms with E-state index in [1.54, 1.807) is 31.8 Å². The Bertz CT molecular complexity index is 1730. The van der Waals surface area contributed by atoms with Crippen LogP contribution in [-0.2, 0) is 56.1 Å². The number of hydrogen-bond donors (Lipinski definition) is 2. The molecule has 14 nitrogen and oxygen atoms in total. The number of methoxy groups -OCH3 is 2. The fourth-order valence-electron chi connectivity index (χ4n) is 6.82. The van der Waals surface area contributed by atoms with Gasteiger partial charge >= 0.3 is 6.09 Å². The van der Waals surface area contributed by atoms with Gasteiger partial charge < -0.3 is 43.6 Å². The van der Waals surface area contributed by atoms with Gasteiger partial charge in [-0.25, -0.2) is 14.8 Å². The van der Waals surface area contributed by atoms with Crippen molar-refractivity contribution in [1.82, 2.24) is 19.9 Å². The number of aromatic nitrogens is 4. The summed E-state index contributed by atoms with van der Waals surface area (Å²) >= 11 is 0. The second-order valence-corrected chi connectivity index (χ2v) is 12.6. The van der Waals surface area contributed by atoms with Crippen molar-refractivity contribution in [2.75, 3.05) is 93.0 Å². The van der Waals surface area contributed by atoms with Gasteiger partial charge in [-0.1, -0.05) is 6.07 Å². The smallest absolute Gasteiger partial charge is 0.414 e. The van der Waals surface area contributed by atoms with Gasteiger partial charge in [0.2, 0.25) is 0 Å². The van der Waals surface area contributed by atoms with Crippen LogP contribution in [0.1, 0.15) is 35.0 Å². The summed E-state index contributed by atoms with van der Waals surface area (Å²) in [5.41, 5.74) is 9.33. The largest absolute Gasteiger partial charge is 0.447 e. The Hall–Kier alpha value is -4.92. The van der Waals surface area contributed by atoms with Crippen molar-refractivity contribution in [3.05, 3.63) is 83.5 Å². The highest BCUT2D eigenvalue weighted by molar-refractivity contribution is 5.95. The summed E-state index contributed by atoms with van der Waals surface area (Å²) in [4.78, 5) is 50.0. The molecule has 51 heavy (non-hydrogen) atoms. The van der Waals surface area contributed by atoms with Gasteiger partial charge in [0.05, 0.1) is 57.0 Å². The number of H-pyrrole nitrogens is 2. The first-order valence-corrected chi connectivity index (χ1v) is 17.5. The molecular formula is C37H48N8O6. The number of amides is 2. The zero-order valence-corrected chi connectivity index (χ0v) is 29.7. The Balaban J connectivity index is 1.30. The molecule has 0 bridgehead atoms. The minimum Gasteiger partial charge on any atom is -0.447 e. The maximum Gasteiger partial charge on any atom is 0.414 e. The van der Waals surface area contributed by atoms with Crippen LogP contribution >= 0.6 is 0 Å². The van der Waals surface area contributed by atoms with Gasteiger partial charge in [-0.05, 0) is 67.1 Å². The fraction of sp³-hybridized carbons (Fsp3) is 0.459. The molecule has 2 aromatic heterocycles. The third-order valence-electron chi connectivity index (χ3n) is 9.40. The predicted octanol–water partition coefficient (Wildman–Crippen LogP) is 4.11. The van der Waals surface area contributed by atoms with Crippen molar-refractivity contribution in [3.8, 4) is 0 Å². The number of carbonyl (C=O) groups is 2. The van der Waals surface area contributed by atoms with Gasteiger partial charge in [0.15, 0.2) is 0 Å². The topological polar surface area (TPSA) is 141 Å². The number of benzene rings is 2. The highest BCUT2D eigenvalue weighted by Crippen LogP contribution is 2.38. The molecular weight excluding hydrogens is 652 g/mol. The van der Waals surface area contributed by atoms with Gasteiger partial charge in [-0.2, -0.15) is 0 Å². The molecule has 0 saturated carbocycles. The quantitative estimate of drug-likeness (QED) is 0.146. The zero-order valence-electron chi connectivity index (χ0n) is 29.7. The number of imidazole rings is 2. The van der Waals surface area contributed by atoms with Crippen LogP contribution in [0, 0.1) is 0 Å². The molecule has 4 heterocycles. The van der Waals surface area contributed by atoms with Gasteiger partial charge in [0, 0.05) is 75.5 Å². The summed E-state index contributed by atoms with van der Waals surface area (Å²) in [6.07, 6.45) is 8.98. The number of anilines is 4. The van der Waals surface area contributed by atoms with E-state index in [1.165, 1.54) is 11.1 Å². The number of fused-ring (bicyclic) bond motifs is 2. The molecule has 0 atom stereocenters. The first-order valence-electron chi connectivity index (χ1n) is 17.5. The Morgan fingerprint density at radius 1 is 0.824 bits per heavy atom. The summed E-state index contributed by atoms with van der Waals surface area (Å²) in [5.74, 6) is -0.130. The van der Waals surface area contributed by atoms with Crippen LogP contribution in [0.15, 0.2) is 55.4 Å². The summed E-state index contributed by atoms with van der Waals surface area (Å²) in [6, 6.07) is 10.4. The molecule has 2 amide bonds. The lowest BCUT2D eigenvalue weighted by molar-refractivity contribution is -0.123. The summed E-state index contributed by atoms with van der Waals surface area (Å²) < 4.78 is 21.5. The van der Waals surface area contributed by atoms with Crippen molar-refractivity contribution in [2.24, 2.45) is 0 Å². The lowest BCUT2D eigenvalue weighted by atomic mass is 10.00. The number of nitrogens with one attached hydrogen (secondary N) is 2. The SMILES string of the molecule is CCN(C(=O)OCCOC)c1cc(CCN(C(=O)COCCOC)c2ccc3c(c2)N(Cc2cnc[nH]2)CC3)c2c(c1)N(Cc1cnc[nH]1)CC2. The molecule has 0 fully saturated rings. The number of rotatable bonds is 18. The Labute approximate surface area is 298 Å². The first-order chi connectivity index (χ1) is 25.0. The maximum atomic E-state index is 13.9. The average Bonchev–Trinajstić information content (AvgIpc) is 3.97. The molecule has 0 unspecified atom stereocenters. The number of nitrogens with zero attached hydrogens (tertiary/aromatic N) is 6. The number of ether oxygens (including phenoxy) is 4. The Morgan fingerprint density at radius 2 is 1.51 bits per heavy atom. The average molecular weight is 701 g/mol. The van der Waals surface area contributed by atoms with E-state index in [0.717, 1.165) is 65.6 Å². The second-order valence-electron chi connectivity index (χ2n) is 12.6. The van der Waals surface area contributed by atoms with Crippen molar-refractivity contribution in [3.63, 3.8) is 0 Å². The van der Waals surface area contributed by atoms with Gasteiger partial charge in [0.25, 0.3) is 5.91 Å². The van der Waals surface area contributed by atoms with E-state index in [4.69, 9.17) is 18.9 Å². The molecule has 14 heteroatoms. The van der Waals surface area contributed by atoms with Crippen molar-refractivity contribution in [1.29, 1.82) is 0 Å². The normalized spacial score (nSPS) is 13.4. The summed E-state index contributed by atoms with van der Waals surface area (Å²) in [5, 5.41) is 0. The summed E-state index contributed by atoms with van der Waals surface area (Å²) in [6.45, 7) is 7.02. The van der Waals surface area contributed by atoms with Gasteiger partial charge in [0.1, 0.15) is 13.2 Å². The van der Waals surface area contributed by atoms with Crippen molar-refractivity contribution < 1.29 is 28.5 Å². The number of carbonyl (C=O) groups excluding carboxylic acids is 2. The molecule has 6 rings (SSSR count). The van der Waals surface area contributed by atoms with Crippen LogP contribution in [0.25, 0.3) is 0 Å². The molecule has 2 aliphatic heterocycles. The molecule has 2 aliphatic rings. The van der Waals surface area contributed by atoms with Crippen LogP contribution in [0.3, 0.4) is 0 Å². The van der Waals surface area contributed by atoms with E-state index in [0.29, 0.717) is 52.4 Å². The lowest BCUT2D eigenvalue weighted by Crippen LogP contribution is -2.36. The first kappa shape index (κ1) is 35.9.